The van der Waals surface area contributed by atoms with Gasteiger partial charge in [0.1, 0.15) is 17.1 Å². The van der Waals surface area contributed by atoms with Crippen LogP contribution in [-0.2, 0) is 0 Å². The molecular formula is C20H16N4O2S. The summed E-state index contributed by atoms with van der Waals surface area (Å²) in [5.74, 6) is 0.602. The number of ether oxygens (including phenoxy) is 1. The first-order chi connectivity index (χ1) is 13.3. The number of benzene rings is 2. The molecule has 1 aliphatic heterocycles. The van der Waals surface area contributed by atoms with Gasteiger partial charge in [0.05, 0.1) is 23.8 Å². The molecule has 2 aromatic heterocycles. The number of hydrogen-bond donors (Lipinski definition) is 0. The molecule has 0 bridgehead atoms. The minimum atomic E-state index is -0.0488. The van der Waals surface area contributed by atoms with Gasteiger partial charge in [0.25, 0.3) is 5.91 Å². The summed E-state index contributed by atoms with van der Waals surface area (Å²) in [6.45, 7) is 1.23. The van der Waals surface area contributed by atoms with E-state index in [1.165, 1.54) is 0 Å². The van der Waals surface area contributed by atoms with Crippen LogP contribution < -0.4 is 4.74 Å². The van der Waals surface area contributed by atoms with Crippen molar-refractivity contribution in [1.29, 1.82) is 0 Å². The average molecular weight is 376 g/mol. The summed E-state index contributed by atoms with van der Waals surface area (Å²) >= 11 is 1.16. The first-order valence-corrected chi connectivity index (χ1v) is 9.53. The number of fused-ring (bicyclic) bond motifs is 2. The number of rotatable bonds is 3. The minimum Gasteiger partial charge on any atom is -0.472 e. The first kappa shape index (κ1) is 16.1. The van der Waals surface area contributed by atoms with Gasteiger partial charge < -0.3 is 9.64 Å². The summed E-state index contributed by atoms with van der Waals surface area (Å²) in [6, 6.07) is 17.3. The first-order valence-electron chi connectivity index (χ1n) is 8.80. The molecule has 1 amide bonds. The second-order valence-electron chi connectivity index (χ2n) is 6.59. The second-order valence-corrected chi connectivity index (χ2v) is 7.12. The summed E-state index contributed by atoms with van der Waals surface area (Å²) in [7, 11) is 0. The van der Waals surface area contributed by atoms with Crippen molar-refractivity contribution < 1.29 is 9.53 Å². The molecule has 5 rings (SSSR count). The van der Waals surface area contributed by atoms with Gasteiger partial charge in [-0.15, -0.1) is 0 Å². The van der Waals surface area contributed by atoms with Crippen molar-refractivity contribution in [3.63, 3.8) is 0 Å². The zero-order valence-electron chi connectivity index (χ0n) is 14.4. The smallest absolute Gasteiger partial charge is 0.254 e. The number of amides is 1. The normalized spacial score (nSPS) is 16.9. The quantitative estimate of drug-likeness (QED) is 0.547. The van der Waals surface area contributed by atoms with Gasteiger partial charge in [-0.1, -0.05) is 18.2 Å². The summed E-state index contributed by atoms with van der Waals surface area (Å²) in [4.78, 5) is 19.2. The van der Waals surface area contributed by atoms with Crippen LogP contribution in [0.1, 0.15) is 16.8 Å². The Hall–Kier alpha value is -3.06. The van der Waals surface area contributed by atoms with Gasteiger partial charge in [-0.3, -0.25) is 4.79 Å². The van der Waals surface area contributed by atoms with E-state index in [2.05, 4.69) is 13.7 Å². The Balaban J connectivity index is 1.29. The van der Waals surface area contributed by atoms with Crippen molar-refractivity contribution in [2.45, 2.75) is 12.5 Å². The van der Waals surface area contributed by atoms with E-state index in [0.29, 0.717) is 24.5 Å². The minimum absolute atomic E-state index is 0.00229. The third kappa shape index (κ3) is 3.10. The molecule has 2 aromatic carbocycles. The Morgan fingerprint density at radius 3 is 2.89 bits per heavy atom. The molecular weight excluding hydrogens is 360 g/mol. The molecule has 134 valence electrons. The number of likely N-dealkylation sites (tertiary alicyclic amines) is 1. The largest absolute Gasteiger partial charge is 0.472 e. The van der Waals surface area contributed by atoms with E-state index in [9.17, 15) is 4.79 Å². The Kier molecular flexibility index (Phi) is 3.94. The third-order valence-corrected chi connectivity index (χ3v) is 5.35. The van der Waals surface area contributed by atoms with E-state index < -0.39 is 0 Å². The Labute approximate surface area is 159 Å². The average Bonchev–Trinajstić information content (AvgIpc) is 3.36. The highest BCUT2D eigenvalue weighted by atomic mass is 32.1. The second kappa shape index (κ2) is 6.59. The van der Waals surface area contributed by atoms with Gasteiger partial charge in [0.15, 0.2) is 0 Å². The molecule has 0 aliphatic carbocycles. The van der Waals surface area contributed by atoms with E-state index in [1.807, 2.05) is 53.4 Å². The lowest BCUT2D eigenvalue weighted by molar-refractivity contribution is 0.0771. The topological polar surface area (TPSA) is 68.2 Å². The molecule has 3 heterocycles. The summed E-state index contributed by atoms with van der Waals surface area (Å²) in [6.07, 6.45) is 0.744. The van der Waals surface area contributed by atoms with Gasteiger partial charge in [-0.05, 0) is 30.3 Å². The van der Waals surface area contributed by atoms with E-state index in [1.54, 1.807) is 6.07 Å². The predicted molar refractivity (Wildman–Crippen MR) is 104 cm³/mol. The van der Waals surface area contributed by atoms with Crippen LogP contribution in [-0.4, -0.2) is 43.7 Å². The summed E-state index contributed by atoms with van der Waals surface area (Å²) < 4.78 is 14.4. The molecule has 1 unspecified atom stereocenters. The molecule has 1 atom stereocenters. The lowest BCUT2D eigenvalue weighted by atomic mass is 10.2. The fraction of sp³-hybridized carbons (Fsp3) is 0.200. The zero-order chi connectivity index (χ0) is 18.2. The highest BCUT2D eigenvalue weighted by Gasteiger charge is 2.28. The van der Waals surface area contributed by atoms with Crippen LogP contribution in [0.2, 0.25) is 0 Å². The van der Waals surface area contributed by atoms with Gasteiger partial charge in [-0.2, -0.15) is 8.75 Å². The van der Waals surface area contributed by atoms with Gasteiger partial charge in [0.2, 0.25) is 5.88 Å². The van der Waals surface area contributed by atoms with Crippen LogP contribution in [0, 0.1) is 0 Å². The van der Waals surface area contributed by atoms with Crippen LogP contribution in [0.25, 0.3) is 21.9 Å². The number of carbonyl (C=O) groups excluding carboxylic acids is 1. The van der Waals surface area contributed by atoms with Crippen molar-refractivity contribution in [3.8, 4) is 5.88 Å². The van der Waals surface area contributed by atoms with Crippen molar-refractivity contribution in [2.24, 2.45) is 0 Å². The Morgan fingerprint density at radius 2 is 1.93 bits per heavy atom. The fourth-order valence-electron chi connectivity index (χ4n) is 3.39. The van der Waals surface area contributed by atoms with Crippen molar-refractivity contribution in [2.75, 3.05) is 13.1 Å². The SMILES string of the molecule is O=C(c1ccc2nsnc2c1)N1CCC(Oc2ccc3ccccc3n2)C1. The maximum Gasteiger partial charge on any atom is 0.254 e. The molecule has 7 heteroatoms. The lowest BCUT2D eigenvalue weighted by Gasteiger charge is -2.17. The maximum atomic E-state index is 12.8. The van der Waals surface area contributed by atoms with E-state index in [-0.39, 0.29) is 12.0 Å². The van der Waals surface area contributed by atoms with Gasteiger partial charge in [0, 0.05) is 30.0 Å². The Bertz CT molecular complexity index is 1140. The third-order valence-electron chi connectivity index (χ3n) is 4.79. The number of hydrogen-bond acceptors (Lipinski definition) is 6. The number of para-hydroxylation sites is 1. The molecule has 0 saturated carbocycles. The molecule has 6 nitrogen and oxygen atoms in total. The van der Waals surface area contributed by atoms with E-state index in [4.69, 9.17) is 4.74 Å². The molecule has 0 radical (unpaired) electrons. The fourth-order valence-corrected chi connectivity index (χ4v) is 3.91. The summed E-state index contributed by atoms with van der Waals surface area (Å²) in [5.41, 5.74) is 3.13. The van der Waals surface area contributed by atoms with Crippen molar-refractivity contribution in [3.05, 3.63) is 60.2 Å². The number of pyridine rings is 1. The molecule has 0 spiro atoms. The molecule has 1 saturated heterocycles. The predicted octanol–water partition coefficient (Wildman–Crippen LogP) is 3.53. The summed E-state index contributed by atoms with van der Waals surface area (Å²) in [5, 5.41) is 1.08. The van der Waals surface area contributed by atoms with Crippen LogP contribution >= 0.6 is 11.7 Å². The lowest BCUT2D eigenvalue weighted by Crippen LogP contribution is -2.31. The molecule has 27 heavy (non-hydrogen) atoms. The molecule has 1 fully saturated rings. The molecule has 1 aliphatic rings. The van der Waals surface area contributed by atoms with Gasteiger partial charge in [-0.25, -0.2) is 4.98 Å². The molecule has 0 N–H and O–H groups in total. The van der Waals surface area contributed by atoms with Gasteiger partial charge >= 0.3 is 0 Å². The molecule has 4 aromatic rings. The van der Waals surface area contributed by atoms with Crippen LogP contribution in [0.4, 0.5) is 0 Å². The van der Waals surface area contributed by atoms with Crippen LogP contribution in [0.15, 0.2) is 54.6 Å². The maximum absolute atomic E-state index is 12.8. The standard InChI is InChI=1S/C20H16N4O2S/c25-20(14-5-7-17-18(11-14)23-27-22-17)24-10-9-15(12-24)26-19-8-6-13-3-1-2-4-16(13)21-19/h1-8,11,15H,9-10,12H2. The van der Waals surface area contributed by atoms with Crippen molar-refractivity contribution >= 4 is 39.6 Å². The monoisotopic (exact) mass is 376 g/mol. The zero-order valence-corrected chi connectivity index (χ0v) is 15.2. The number of aromatic nitrogens is 3. The van der Waals surface area contributed by atoms with Crippen LogP contribution in [0.3, 0.4) is 0 Å². The number of nitrogens with zero attached hydrogens (tertiary/aromatic N) is 4. The number of carbonyl (C=O) groups is 1. The van der Waals surface area contributed by atoms with E-state index in [0.717, 1.165) is 40.1 Å². The highest BCUT2D eigenvalue weighted by molar-refractivity contribution is 7.00. The van der Waals surface area contributed by atoms with E-state index >= 15 is 0 Å². The van der Waals surface area contributed by atoms with Crippen molar-refractivity contribution in [1.82, 2.24) is 18.6 Å². The Morgan fingerprint density at radius 1 is 1.04 bits per heavy atom. The highest BCUT2D eigenvalue weighted by Crippen LogP contribution is 2.22. The van der Waals surface area contributed by atoms with Crippen LogP contribution in [0.5, 0.6) is 5.88 Å².